The normalized spacial score (nSPS) is 10.5. The summed E-state index contributed by atoms with van der Waals surface area (Å²) >= 11 is 0. The number of carboxylic acids is 1. The molecule has 3 rings (SSSR count). The van der Waals surface area contributed by atoms with E-state index in [1.807, 2.05) is 18.2 Å². The number of nitrogens with two attached hydrogens (primary N) is 1. The van der Waals surface area contributed by atoms with Crippen LogP contribution in [-0.2, 0) is 16.0 Å². The zero-order chi connectivity index (χ0) is 21.0. The Morgan fingerprint density at radius 3 is 2.48 bits per heavy atom. The average Bonchev–Trinajstić information content (AvgIpc) is 3.16. The van der Waals surface area contributed by atoms with Gasteiger partial charge in [0.1, 0.15) is 11.7 Å². The number of aryl methyl sites for hydroxylation is 1. The van der Waals surface area contributed by atoms with Gasteiger partial charge in [0.05, 0.1) is 5.69 Å². The van der Waals surface area contributed by atoms with Gasteiger partial charge in [0.2, 0.25) is 5.91 Å². The Labute approximate surface area is 167 Å². The van der Waals surface area contributed by atoms with E-state index in [0.717, 1.165) is 22.4 Å². The van der Waals surface area contributed by atoms with Crippen molar-refractivity contribution < 1.29 is 14.7 Å². The number of carbonyl (C=O) groups excluding carboxylic acids is 1. The number of amidine groups is 1. The highest BCUT2D eigenvalue weighted by Crippen LogP contribution is 2.27. The maximum Gasteiger partial charge on any atom is 0.303 e. The van der Waals surface area contributed by atoms with E-state index >= 15 is 0 Å². The first-order valence-corrected chi connectivity index (χ1v) is 8.96. The lowest BCUT2D eigenvalue weighted by atomic mass is 10.0. The quantitative estimate of drug-likeness (QED) is 0.310. The number of benzene rings is 2. The summed E-state index contributed by atoms with van der Waals surface area (Å²) in [6.07, 6.45) is 2.07. The summed E-state index contributed by atoms with van der Waals surface area (Å²) in [4.78, 5) is 30.1. The van der Waals surface area contributed by atoms with Crippen molar-refractivity contribution >= 4 is 23.4 Å². The van der Waals surface area contributed by atoms with Crippen molar-refractivity contribution in [1.82, 2.24) is 9.97 Å². The van der Waals surface area contributed by atoms with Crippen LogP contribution < -0.4 is 11.1 Å². The van der Waals surface area contributed by atoms with Crippen LogP contribution in [0.3, 0.4) is 0 Å². The van der Waals surface area contributed by atoms with Gasteiger partial charge in [-0.15, -0.1) is 0 Å². The number of H-pyrrole nitrogens is 1. The first-order valence-electron chi connectivity index (χ1n) is 8.96. The number of anilines is 1. The maximum atomic E-state index is 11.5. The molecule has 0 radical (unpaired) electrons. The number of hydrogen-bond acceptors (Lipinski definition) is 4. The van der Waals surface area contributed by atoms with E-state index in [9.17, 15) is 9.59 Å². The molecule has 0 aliphatic rings. The first kappa shape index (κ1) is 19.8. The van der Waals surface area contributed by atoms with E-state index in [4.69, 9.17) is 16.2 Å². The number of aromatic nitrogens is 2. The van der Waals surface area contributed by atoms with Crippen molar-refractivity contribution in [3.8, 4) is 22.6 Å². The zero-order valence-corrected chi connectivity index (χ0v) is 15.8. The van der Waals surface area contributed by atoms with Gasteiger partial charge >= 0.3 is 5.97 Å². The third kappa shape index (κ3) is 4.86. The van der Waals surface area contributed by atoms with Crippen LogP contribution in [0.1, 0.15) is 24.5 Å². The average molecular weight is 391 g/mol. The number of aliphatic carboxylic acids is 1. The van der Waals surface area contributed by atoms with E-state index in [1.165, 1.54) is 6.92 Å². The second-order valence-corrected chi connectivity index (χ2v) is 6.57. The van der Waals surface area contributed by atoms with Gasteiger partial charge in [0.15, 0.2) is 0 Å². The van der Waals surface area contributed by atoms with Crippen LogP contribution in [0.4, 0.5) is 5.69 Å². The fourth-order valence-corrected chi connectivity index (χ4v) is 2.93. The van der Waals surface area contributed by atoms with Crippen LogP contribution >= 0.6 is 0 Å². The number of nitrogens with zero attached hydrogens (tertiary/aromatic N) is 1. The topological polar surface area (TPSA) is 145 Å². The molecule has 0 fully saturated rings. The minimum Gasteiger partial charge on any atom is -0.481 e. The van der Waals surface area contributed by atoms with Crippen LogP contribution in [0.2, 0.25) is 0 Å². The fourth-order valence-electron chi connectivity index (χ4n) is 2.93. The molecule has 0 atom stereocenters. The largest absolute Gasteiger partial charge is 0.481 e. The van der Waals surface area contributed by atoms with Gasteiger partial charge in [-0.1, -0.05) is 36.4 Å². The third-order valence-electron chi connectivity index (χ3n) is 4.37. The highest BCUT2D eigenvalue weighted by atomic mass is 16.4. The summed E-state index contributed by atoms with van der Waals surface area (Å²) in [7, 11) is 0. The molecule has 6 N–H and O–H groups in total. The summed E-state index contributed by atoms with van der Waals surface area (Å²) < 4.78 is 0. The molecule has 0 unspecified atom stereocenters. The SMILES string of the molecule is CC(=O)Nc1cc(-c2nc(-c3ccc(C(=N)N)cc3)c[nH]2)ccc1CCC(=O)O. The lowest BCUT2D eigenvalue weighted by Gasteiger charge is -2.11. The molecule has 0 bridgehead atoms. The molecule has 0 spiro atoms. The van der Waals surface area contributed by atoms with Crippen molar-refractivity contribution in [3.63, 3.8) is 0 Å². The van der Waals surface area contributed by atoms with Gasteiger partial charge in [-0.2, -0.15) is 0 Å². The zero-order valence-electron chi connectivity index (χ0n) is 15.8. The van der Waals surface area contributed by atoms with Crippen LogP contribution in [0.15, 0.2) is 48.7 Å². The number of carbonyl (C=O) groups is 2. The van der Waals surface area contributed by atoms with Gasteiger partial charge in [-0.3, -0.25) is 15.0 Å². The van der Waals surface area contributed by atoms with Crippen LogP contribution in [0.5, 0.6) is 0 Å². The molecule has 148 valence electrons. The molecule has 29 heavy (non-hydrogen) atoms. The molecule has 0 aliphatic heterocycles. The van der Waals surface area contributed by atoms with Crippen molar-refractivity contribution in [2.75, 3.05) is 5.32 Å². The molecule has 1 amide bonds. The first-order chi connectivity index (χ1) is 13.8. The van der Waals surface area contributed by atoms with E-state index in [0.29, 0.717) is 23.5 Å². The van der Waals surface area contributed by atoms with Gasteiger partial charge in [-0.25, -0.2) is 4.98 Å². The number of nitrogen functional groups attached to an aromatic ring is 1. The van der Waals surface area contributed by atoms with E-state index in [2.05, 4.69) is 15.3 Å². The predicted octanol–water partition coefficient (Wildman–Crippen LogP) is 3.00. The van der Waals surface area contributed by atoms with Gasteiger partial charge < -0.3 is 21.1 Å². The highest BCUT2D eigenvalue weighted by molar-refractivity contribution is 5.95. The molecular weight excluding hydrogens is 370 g/mol. The Balaban J connectivity index is 1.89. The number of hydrogen-bond donors (Lipinski definition) is 5. The predicted molar refractivity (Wildman–Crippen MR) is 111 cm³/mol. The lowest BCUT2D eigenvalue weighted by Crippen LogP contribution is -2.10. The summed E-state index contributed by atoms with van der Waals surface area (Å²) in [6, 6.07) is 12.6. The second-order valence-electron chi connectivity index (χ2n) is 6.57. The number of rotatable bonds is 7. The monoisotopic (exact) mass is 391 g/mol. The molecule has 0 saturated carbocycles. The van der Waals surface area contributed by atoms with E-state index in [-0.39, 0.29) is 18.2 Å². The highest BCUT2D eigenvalue weighted by Gasteiger charge is 2.12. The molecule has 0 aliphatic carbocycles. The Morgan fingerprint density at radius 1 is 1.17 bits per heavy atom. The second kappa shape index (κ2) is 8.39. The molecule has 2 aromatic carbocycles. The summed E-state index contributed by atoms with van der Waals surface area (Å²) in [5, 5.41) is 19.1. The maximum absolute atomic E-state index is 11.5. The van der Waals surface area contributed by atoms with Crippen LogP contribution in [0, 0.1) is 5.41 Å². The van der Waals surface area contributed by atoms with Crippen molar-refractivity contribution in [1.29, 1.82) is 5.41 Å². The van der Waals surface area contributed by atoms with Crippen molar-refractivity contribution in [2.45, 2.75) is 19.8 Å². The van der Waals surface area contributed by atoms with Crippen molar-refractivity contribution in [3.05, 3.63) is 59.8 Å². The number of nitrogens with one attached hydrogen (secondary N) is 3. The van der Waals surface area contributed by atoms with Gasteiger partial charge in [0, 0.05) is 41.9 Å². The minimum absolute atomic E-state index is 0.00718. The van der Waals surface area contributed by atoms with E-state index < -0.39 is 5.97 Å². The number of aromatic amines is 1. The smallest absolute Gasteiger partial charge is 0.303 e. The van der Waals surface area contributed by atoms with Gasteiger partial charge in [-0.05, 0) is 18.1 Å². The molecule has 8 nitrogen and oxygen atoms in total. The minimum atomic E-state index is -0.894. The molecule has 0 saturated heterocycles. The lowest BCUT2D eigenvalue weighted by molar-refractivity contribution is -0.136. The summed E-state index contributed by atoms with van der Waals surface area (Å²) in [5.41, 5.74) is 9.80. The molecule has 1 heterocycles. The molecule has 3 aromatic rings. The molecular formula is C21H21N5O3. The molecule has 8 heteroatoms. The molecule has 1 aromatic heterocycles. The van der Waals surface area contributed by atoms with Gasteiger partial charge in [0.25, 0.3) is 0 Å². The van der Waals surface area contributed by atoms with E-state index in [1.54, 1.807) is 30.5 Å². The van der Waals surface area contributed by atoms with Crippen LogP contribution in [0.25, 0.3) is 22.6 Å². The Morgan fingerprint density at radius 2 is 1.86 bits per heavy atom. The third-order valence-corrected chi connectivity index (χ3v) is 4.37. The summed E-state index contributed by atoms with van der Waals surface area (Å²) in [5.74, 6) is -0.501. The van der Waals surface area contributed by atoms with Crippen LogP contribution in [-0.4, -0.2) is 32.8 Å². The summed E-state index contributed by atoms with van der Waals surface area (Å²) in [6.45, 7) is 1.41. The van der Waals surface area contributed by atoms with Crippen molar-refractivity contribution in [2.24, 2.45) is 5.73 Å². The number of amides is 1. The number of carboxylic acid groups (broad SMARTS) is 1. The fraction of sp³-hybridized carbons (Fsp3) is 0.143. The Hall–Kier alpha value is -3.94. The Kier molecular flexibility index (Phi) is 5.73. The number of imidazole rings is 1. The standard InChI is InChI=1S/C21H21N5O3/c1-12(27)25-17-10-16(7-4-13(17)8-9-19(28)29)21-24-11-18(26-21)14-2-5-15(6-3-14)20(22)23/h2-7,10-11H,8-9H2,1H3,(H3,22,23)(H,24,26)(H,25,27)(H,28,29). The Bertz CT molecular complexity index is 1070.